The van der Waals surface area contributed by atoms with Crippen LogP contribution >= 0.6 is 24.8 Å². The van der Waals surface area contributed by atoms with Gasteiger partial charge in [-0.1, -0.05) is 47.7 Å². The zero-order valence-corrected chi connectivity index (χ0v) is 17.2. The summed E-state index contributed by atoms with van der Waals surface area (Å²) in [5.41, 5.74) is 10.0. The zero-order valence-electron chi connectivity index (χ0n) is 15.6. The lowest BCUT2D eigenvalue weighted by atomic mass is 10.1. The van der Waals surface area contributed by atoms with Gasteiger partial charge in [-0.25, -0.2) is 4.68 Å². The number of nitrogens with two attached hydrogens (primary N) is 1. The Labute approximate surface area is 185 Å². The highest BCUT2D eigenvalue weighted by atomic mass is 35.5. The first-order valence-corrected chi connectivity index (χ1v) is 8.55. The summed E-state index contributed by atoms with van der Waals surface area (Å²) in [6, 6.07) is 17.0. The highest BCUT2D eigenvalue weighted by molar-refractivity contribution is 6.20. The third-order valence-corrected chi connectivity index (χ3v) is 4.17. The molecule has 154 valence electrons. The summed E-state index contributed by atoms with van der Waals surface area (Å²) in [5.74, 6) is -0.386. The van der Waals surface area contributed by atoms with Crippen molar-refractivity contribution >= 4 is 42.1 Å². The fraction of sp³-hybridized carbons (Fsp3) is 0. The number of aromatic amines is 1. The van der Waals surface area contributed by atoms with Crippen molar-refractivity contribution in [3.05, 3.63) is 79.4 Å². The number of halogens is 2. The Hall–Kier alpha value is -3.62. The number of hydrogen-bond donors (Lipinski definition) is 3. The van der Waals surface area contributed by atoms with Gasteiger partial charge in [-0.2, -0.15) is 5.10 Å². The number of hydrogen-bond acceptors (Lipinski definition) is 5. The fourth-order valence-corrected chi connectivity index (χ4v) is 2.73. The average Bonchev–Trinajstić information content (AvgIpc) is 3.42. The van der Waals surface area contributed by atoms with Crippen molar-refractivity contribution in [2.75, 3.05) is 5.32 Å². The van der Waals surface area contributed by atoms with E-state index in [9.17, 15) is 4.79 Å². The van der Waals surface area contributed by atoms with Crippen molar-refractivity contribution in [3.63, 3.8) is 0 Å². The lowest BCUT2D eigenvalue weighted by molar-refractivity contribution is -0.111. The third kappa shape index (κ3) is 4.86. The number of anilines is 1. The number of amides is 1. The molecular formula is C20H19Cl2N7O. The monoisotopic (exact) mass is 443 g/mol. The number of carbonyl (C=O) groups excluding carboxylic acids is 1. The average molecular weight is 444 g/mol. The van der Waals surface area contributed by atoms with E-state index in [2.05, 4.69) is 25.8 Å². The van der Waals surface area contributed by atoms with Crippen LogP contribution in [0.2, 0.25) is 0 Å². The molecule has 0 atom stereocenters. The van der Waals surface area contributed by atoms with E-state index in [0.717, 1.165) is 16.7 Å². The molecule has 0 saturated heterocycles. The molecule has 2 heterocycles. The maximum absolute atomic E-state index is 12.6. The van der Waals surface area contributed by atoms with Gasteiger partial charge >= 0.3 is 0 Å². The van der Waals surface area contributed by atoms with Gasteiger partial charge in [0.05, 0.1) is 12.4 Å². The first kappa shape index (κ1) is 22.7. The SMILES string of the molecule is Cl.Cl.NC=C(C(=O)Nc1ccc(-c2cn[nH]c2)cc1)n1cc(-c2ccccc2)nn1. The van der Waals surface area contributed by atoms with Crippen LogP contribution in [-0.2, 0) is 4.79 Å². The van der Waals surface area contributed by atoms with Crippen LogP contribution in [0.15, 0.2) is 79.4 Å². The second kappa shape index (κ2) is 10.2. The van der Waals surface area contributed by atoms with E-state index in [1.165, 1.54) is 10.9 Å². The van der Waals surface area contributed by atoms with Crippen molar-refractivity contribution in [1.82, 2.24) is 25.2 Å². The van der Waals surface area contributed by atoms with E-state index >= 15 is 0 Å². The molecule has 2 aromatic carbocycles. The molecule has 1 amide bonds. The molecular weight excluding hydrogens is 425 g/mol. The van der Waals surface area contributed by atoms with Crippen LogP contribution in [0.5, 0.6) is 0 Å². The minimum Gasteiger partial charge on any atom is -0.403 e. The molecule has 2 aromatic heterocycles. The van der Waals surface area contributed by atoms with Crippen LogP contribution < -0.4 is 11.1 Å². The molecule has 4 aromatic rings. The zero-order chi connectivity index (χ0) is 19.3. The van der Waals surface area contributed by atoms with Gasteiger partial charge in [0.2, 0.25) is 0 Å². The predicted molar refractivity (Wildman–Crippen MR) is 121 cm³/mol. The van der Waals surface area contributed by atoms with Crippen molar-refractivity contribution in [1.29, 1.82) is 0 Å². The summed E-state index contributed by atoms with van der Waals surface area (Å²) < 4.78 is 1.36. The van der Waals surface area contributed by atoms with Gasteiger partial charge in [-0.3, -0.25) is 9.89 Å². The Kier molecular flexibility index (Phi) is 7.74. The van der Waals surface area contributed by atoms with Crippen LogP contribution in [-0.4, -0.2) is 31.1 Å². The van der Waals surface area contributed by atoms with E-state index < -0.39 is 0 Å². The van der Waals surface area contributed by atoms with E-state index in [0.29, 0.717) is 11.4 Å². The van der Waals surface area contributed by atoms with E-state index in [1.807, 2.05) is 54.6 Å². The van der Waals surface area contributed by atoms with Crippen LogP contribution in [0.4, 0.5) is 5.69 Å². The van der Waals surface area contributed by atoms with Crippen LogP contribution in [0.3, 0.4) is 0 Å². The second-order valence-electron chi connectivity index (χ2n) is 5.98. The molecule has 0 fully saturated rings. The molecule has 10 heteroatoms. The molecule has 0 unspecified atom stereocenters. The number of rotatable bonds is 5. The van der Waals surface area contributed by atoms with Gasteiger partial charge in [0, 0.05) is 29.2 Å². The summed E-state index contributed by atoms with van der Waals surface area (Å²) in [4.78, 5) is 12.6. The van der Waals surface area contributed by atoms with Gasteiger partial charge in [-0.05, 0) is 17.7 Å². The van der Waals surface area contributed by atoms with Crippen molar-refractivity contribution in [2.24, 2.45) is 5.73 Å². The number of carbonyl (C=O) groups is 1. The van der Waals surface area contributed by atoms with Gasteiger partial charge in [0.15, 0.2) is 0 Å². The lowest BCUT2D eigenvalue weighted by Gasteiger charge is -2.08. The molecule has 0 aliphatic heterocycles. The quantitative estimate of drug-likeness (QED) is 0.407. The second-order valence-corrected chi connectivity index (χ2v) is 5.98. The Balaban J connectivity index is 0.00000160. The number of aromatic nitrogens is 5. The summed E-state index contributed by atoms with van der Waals surface area (Å²) in [5, 5.41) is 17.6. The molecule has 30 heavy (non-hydrogen) atoms. The summed E-state index contributed by atoms with van der Waals surface area (Å²) in [6.45, 7) is 0. The molecule has 4 N–H and O–H groups in total. The van der Waals surface area contributed by atoms with Gasteiger partial charge in [-0.15, -0.1) is 29.9 Å². The Morgan fingerprint density at radius 1 is 1.00 bits per heavy atom. The molecule has 0 aliphatic carbocycles. The maximum Gasteiger partial charge on any atom is 0.275 e. The third-order valence-electron chi connectivity index (χ3n) is 4.17. The smallest absolute Gasteiger partial charge is 0.275 e. The molecule has 4 rings (SSSR count). The van der Waals surface area contributed by atoms with Crippen molar-refractivity contribution in [2.45, 2.75) is 0 Å². The van der Waals surface area contributed by atoms with Crippen LogP contribution in [0.25, 0.3) is 28.1 Å². The minimum atomic E-state index is -0.386. The summed E-state index contributed by atoms with van der Waals surface area (Å²) in [6.07, 6.45) is 6.41. The normalized spacial score (nSPS) is 10.6. The fourth-order valence-electron chi connectivity index (χ4n) is 2.73. The molecule has 0 aliphatic rings. The van der Waals surface area contributed by atoms with E-state index in [1.54, 1.807) is 18.6 Å². The number of nitrogens with zero attached hydrogens (tertiary/aromatic N) is 4. The summed E-state index contributed by atoms with van der Waals surface area (Å²) >= 11 is 0. The topological polar surface area (TPSA) is 115 Å². The molecule has 0 radical (unpaired) electrons. The van der Waals surface area contributed by atoms with E-state index in [-0.39, 0.29) is 36.4 Å². The lowest BCUT2D eigenvalue weighted by Crippen LogP contribution is -2.19. The van der Waals surface area contributed by atoms with E-state index in [4.69, 9.17) is 5.73 Å². The van der Waals surface area contributed by atoms with Crippen molar-refractivity contribution in [3.8, 4) is 22.4 Å². The summed E-state index contributed by atoms with van der Waals surface area (Å²) in [7, 11) is 0. The Morgan fingerprint density at radius 2 is 1.73 bits per heavy atom. The highest BCUT2D eigenvalue weighted by Gasteiger charge is 2.15. The Morgan fingerprint density at radius 3 is 2.37 bits per heavy atom. The van der Waals surface area contributed by atoms with Gasteiger partial charge in [0.25, 0.3) is 5.91 Å². The minimum absolute atomic E-state index is 0. The maximum atomic E-state index is 12.6. The van der Waals surface area contributed by atoms with Crippen molar-refractivity contribution < 1.29 is 4.79 Å². The standard InChI is InChI=1S/C20H17N7O.2ClH/c21-10-19(27-13-18(25-26-27)15-4-2-1-3-5-15)20(28)24-17-8-6-14(7-9-17)16-11-22-23-12-16;;/h1-13H,21H2,(H,22,23)(H,24,28);2*1H. The molecule has 0 saturated carbocycles. The van der Waals surface area contributed by atoms with Gasteiger partial charge < -0.3 is 11.1 Å². The van der Waals surface area contributed by atoms with Gasteiger partial charge in [0.1, 0.15) is 11.4 Å². The van der Waals surface area contributed by atoms with Crippen LogP contribution in [0, 0.1) is 0 Å². The predicted octanol–water partition coefficient (Wildman–Crippen LogP) is 3.57. The molecule has 8 nitrogen and oxygen atoms in total. The highest BCUT2D eigenvalue weighted by Crippen LogP contribution is 2.21. The van der Waals surface area contributed by atoms with Crippen LogP contribution in [0.1, 0.15) is 0 Å². The largest absolute Gasteiger partial charge is 0.403 e. The first-order chi connectivity index (χ1) is 13.7. The first-order valence-electron chi connectivity index (χ1n) is 8.55. The number of nitrogens with one attached hydrogen (secondary N) is 2. The molecule has 0 bridgehead atoms. The molecule has 0 spiro atoms. The number of H-pyrrole nitrogens is 1. The Bertz CT molecular complexity index is 1110. The number of benzene rings is 2.